The van der Waals surface area contributed by atoms with E-state index in [2.05, 4.69) is 9.97 Å². The molecule has 0 amide bonds. The van der Waals surface area contributed by atoms with Crippen molar-refractivity contribution in [2.45, 2.75) is 0 Å². The van der Waals surface area contributed by atoms with Gasteiger partial charge in [-0.1, -0.05) is 6.08 Å². The normalized spacial score (nSPS) is 14.8. The number of nitrogens with zero attached hydrogens (tertiary/aromatic N) is 3. The molecule has 1 aliphatic rings. The van der Waals surface area contributed by atoms with E-state index in [1.807, 2.05) is 12.2 Å². The number of hydrogen-bond donors (Lipinski definition) is 1. The molecule has 4 nitrogen and oxygen atoms in total. The zero-order chi connectivity index (χ0) is 7.68. The van der Waals surface area contributed by atoms with Gasteiger partial charge in [0.25, 0.3) is 0 Å². The van der Waals surface area contributed by atoms with Gasteiger partial charge in [0, 0.05) is 12.4 Å². The molecule has 0 aliphatic carbocycles. The van der Waals surface area contributed by atoms with Crippen LogP contribution in [0, 0.1) is 0 Å². The molecule has 2 rings (SSSR count). The molecule has 1 aromatic rings. The lowest BCUT2D eigenvalue weighted by atomic mass is 10.3. The van der Waals surface area contributed by atoms with Crippen molar-refractivity contribution in [1.29, 1.82) is 0 Å². The first kappa shape index (κ1) is 6.30. The minimum atomic E-state index is 0.478. The Morgan fingerprint density at radius 1 is 1.36 bits per heavy atom. The lowest BCUT2D eigenvalue weighted by Gasteiger charge is -2.17. The van der Waals surface area contributed by atoms with Crippen LogP contribution < -0.4 is 5.06 Å². The van der Waals surface area contributed by atoms with Gasteiger partial charge < -0.3 is 0 Å². The minimum Gasteiger partial charge on any atom is -0.287 e. The lowest BCUT2D eigenvalue weighted by Crippen LogP contribution is -2.22. The average molecular weight is 149 g/mol. The average Bonchev–Trinajstić information content (AvgIpc) is 2.06. The van der Waals surface area contributed by atoms with Crippen LogP contribution in [-0.2, 0) is 0 Å². The van der Waals surface area contributed by atoms with E-state index in [0.29, 0.717) is 18.1 Å². The summed E-state index contributed by atoms with van der Waals surface area (Å²) in [5, 5.41) is 10.3. The van der Waals surface area contributed by atoms with Gasteiger partial charge in [0.1, 0.15) is 5.69 Å². The predicted molar refractivity (Wildman–Crippen MR) is 40.2 cm³/mol. The summed E-state index contributed by atoms with van der Waals surface area (Å²) in [6.07, 6.45) is 6.83. The summed E-state index contributed by atoms with van der Waals surface area (Å²) in [4.78, 5) is 7.98. The van der Waals surface area contributed by atoms with Gasteiger partial charge in [-0.25, -0.2) is 10.0 Å². The Morgan fingerprint density at radius 3 is 3.00 bits per heavy atom. The number of anilines is 1. The fraction of sp³-hybridized carbons (Fsp3) is 0.143. The summed E-state index contributed by atoms with van der Waals surface area (Å²) in [5.41, 5.74) is 0.709. The maximum Gasteiger partial charge on any atom is 0.178 e. The largest absolute Gasteiger partial charge is 0.287 e. The first-order valence-electron chi connectivity index (χ1n) is 3.32. The topological polar surface area (TPSA) is 49.2 Å². The molecule has 2 heterocycles. The first-order valence-corrected chi connectivity index (χ1v) is 3.32. The number of fused-ring (bicyclic) bond motifs is 1. The molecule has 0 fully saturated rings. The summed E-state index contributed by atoms with van der Waals surface area (Å²) in [6, 6.07) is 0. The second kappa shape index (κ2) is 2.32. The molecule has 1 N–H and O–H groups in total. The molecule has 0 unspecified atom stereocenters. The van der Waals surface area contributed by atoms with Gasteiger partial charge in [-0.2, -0.15) is 0 Å². The third kappa shape index (κ3) is 0.969. The van der Waals surface area contributed by atoms with Crippen molar-refractivity contribution in [1.82, 2.24) is 9.97 Å². The van der Waals surface area contributed by atoms with E-state index in [1.54, 1.807) is 12.4 Å². The van der Waals surface area contributed by atoms with E-state index in [-0.39, 0.29) is 0 Å². The van der Waals surface area contributed by atoms with Crippen molar-refractivity contribution in [3.8, 4) is 0 Å². The van der Waals surface area contributed by atoms with E-state index in [4.69, 9.17) is 0 Å². The van der Waals surface area contributed by atoms with Gasteiger partial charge in [-0.3, -0.25) is 10.2 Å². The van der Waals surface area contributed by atoms with Crippen molar-refractivity contribution < 1.29 is 5.21 Å². The highest BCUT2D eigenvalue weighted by molar-refractivity contribution is 5.62. The summed E-state index contributed by atoms with van der Waals surface area (Å²) >= 11 is 0. The highest BCUT2D eigenvalue weighted by Gasteiger charge is 2.11. The summed E-state index contributed by atoms with van der Waals surface area (Å²) in [6.45, 7) is 0.478. The fourth-order valence-corrected chi connectivity index (χ4v) is 1.01. The number of hydroxylamine groups is 1. The number of aromatic nitrogens is 2. The Morgan fingerprint density at radius 2 is 2.18 bits per heavy atom. The van der Waals surface area contributed by atoms with Crippen molar-refractivity contribution >= 4 is 11.9 Å². The predicted octanol–water partition coefficient (Wildman–Crippen LogP) is 0.699. The van der Waals surface area contributed by atoms with E-state index < -0.39 is 0 Å². The van der Waals surface area contributed by atoms with E-state index in [0.717, 1.165) is 5.06 Å². The van der Waals surface area contributed by atoms with E-state index >= 15 is 0 Å². The Hall–Kier alpha value is -1.42. The molecule has 4 heteroatoms. The Kier molecular flexibility index (Phi) is 1.33. The zero-order valence-electron chi connectivity index (χ0n) is 5.81. The number of hydrogen-bond acceptors (Lipinski definition) is 4. The molecule has 11 heavy (non-hydrogen) atoms. The van der Waals surface area contributed by atoms with Crippen LogP contribution in [0.15, 0.2) is 18.5 Å². The lowest BCUT2D eigenvalue weighted by molar-refractivity contribution is 0.261. The molecule has 56 valence electrons. The van der Waals surface area contributed by atoms with Crippen molar-refractivity contribution in [3.05, 3.63) is 24.2 Å². The van der Waals surface area contributed by atoms with Crippen LogP contribution in [0.4, 0.5) is 5.82 Å². The molecule has 1 aromatic heterocycles. The van der Waals surface area contributed by atoms with Crippen LogP contribution in [0.5, 0.6) is 0 Å². The molecule has 1 aliphatic heterocycles. The summed E-state index contributed by atoms with van der Waals surface area (Å²) in [7, 11) is 0. The van der Waals surface area contributed by atoms with Crippen molar-refractivity contribution in [3.63, 3.8) is 0 Å². The monoisotopic (exact) mass is 149 g/mol. The van der Waals surface area contributed by atoms with Crippen LogP contribution in [-0.4, -0.2) is 21.7 Å². The highest BCUT2D eigenvalue weighted by atomic mass is 16.5. The molecular weight excluding hydrogens is 142 g/mol. The molecule has 0 spiro atoms. The zero-order valence-corrected chi connectivity index (χ0v) is 5.81. The Balaban J connectivity index is 2.54. The Labute approximate surface area is 63.8 Å². The second-order valence-electron chi connectivity index (χ2n) is 2.25. The third-order valence-corrected chi connectivity index (χ3v) is 1.50. The van der Waals surface area contributed by atoms with Crippen LogP contribution >= 0.6 is 0 Å². The van der Waals surface area contributed by atoms with Crippen molar-refractivity contribution in [2.75, 3.05) is 11.6 Å². The standard InChI is InChI=1S/C7H7N3O/c11-10-5-1-2-6-7(10)9-4-3-8-6/h1-4,11H,5H2. The van der Waals surface area contributed by atoms with Crippen molar-refractivity contribution in [2.24, 2.45) is 0 Å². The van der Waals surface area contributed by atoms with E-state index in [9.17, 15) is 5.21 Å². The molecule has 0 aromatic carbocycles. The van der Waals surface area contributed by atoms with Gasteiger partial charge in [-0.15, -0.1) is 0 Å². The highest BCUT2D eigenvalue weighted by Crippen LogP contribution is 2.17. The second-order valence-corrected chi connectivity index (χ2v) is 2.25. The molecule has 0 atom stereocenters. The SMILES string of the molecule is ON1CC=Cc2nccnc21. The van der Waals surface area contributed by atoms with Gasteiger partial charge in [-0.05, 0) is 6.08 Å². The molecule has 0 saturated heterocycles. The molecule has 0 radical (unpaired) electrons. The van der Waals surface area contributed by atoms with Crippen LogP contribution in [0.1, 0.15) is 5.69 Å². The van der Waals surface area contributed by atoms with Crippen LogP contribution in [0.25, 0.3) is 6.08 Å². The molecule has 0 saturated carbocycles. The van der Waals surface area contributed by atoms with Crippen LogP contribution in [0.2, 0.25) is 0 Å². The van der Waals surface area contributed by atoms with Gasteiger partial charge in [0.2, 0.25) is 0 Å². The van der Waals surface area contributed by atoms with Crippen LogP contribution in [0.3, 0.4) is 0 Å². The first-order chi connectivity index (χ1) is 5.38. The summed E-state index contributed by atoms with van der Waals surface area (Å²) < 4.78 is 0. The van der Waals surface area contributed by atoms with E-state index in [1.165, 1.54) is 0 Å². The molecular formula is C7H7N3O. The smallest absolute Gasteiger partial charge is 0.178 e. The maximum absolute atomic E-state index is 9.24. The van der Waals surface area contributed by atoms with Gasteiger partial charge in [0.05, 0.1) is 6.54 Å². The fourth-order valence-electron chi connectivity index (χ4n) is 1.01. The quantitative estimate of drug-likeness (QED) is 0.589. The third-order valence-electron chi connectivity index (χ3n) is 1.50. The summed E-state index contributed by atoms with van der Waals surface area (Å²) in [5.74, 6) is 0.523. The van der Waals surface area contributed by atoms with Gasteiger partial charge in [0.15, 0.2) is 5.82 Å². The van der Waals surface area contributed by atoms with Gasteiger partial charge >= 0.3 is 0 Å². The Bertz CT molecular complexity index is 297. The molecule has 0 bridgehead atoms. The minimum absolute atomic E-state index is 0.478. The maximum atomic E-state index is 9.24. The number of rotatable bonds is 0.